The number of hydrogen-bond donors (Lipinski definition) is 2. The third kappa shape index (κ3) is 0.700. The van der Waals surface area contributed by atoms with Crippen LogP contribution in [0.1, 0.15) is 12.8 Å². The molecule has 2 saturated carbocycles. The molecule has 2 aliphatic carbocycles. The summed E-state index contributed by atoms with van der Waals surface area (Å²) in [5.74, 6) is 1.65. The Kier molecular flexibility index (Phi) is 1.08. The number of fused-ring (bicyclic) bond motifs is 1. The van der Waals surface area contributed by atoms with Crippen LogP contribution in [0.3, 0.4) is 0 Å². The highest BCUT2D eigenvalue weighted by Gasteiger charge is 2.52. The maximum absolute atomic E-state index is 9.23. The Bertz CT molecular complexity index is 122. The van der Waals surface area contributed by atoms with Crippen molar-refractivity contribution in [3.8, 4) is 0 Å². The highest BCUT2D eigenvalue weighted by molar-refractivity contribution is 5.01. The number of aliphatic hydroxyl groups is 2. The molecule has 2 fully saturated rings. The highest BCUT2D eigenvalue weighted by Crippen LogP contribution is 2.54. The predicted octanol–water partition coefficient (Wildman–Crippen LogP) is -0.00440. The standard InChI is InChI=1S/C7H12O2/c8-3-6-5-1-4(5)2-7(6)9/h4-9H,1-3H2/t4-,5-,6+,7+/m1/s1. The second-order valence-electron chi connectivity index (χ2n) is 3.31. The van der Waals surface area contributed by atoms with Crippen LogP contribution in [0.5, 0.6) is 0 Å². The number of rotatable bonds is 1. The molecule has 0 saturated heterocycles. The molecule has 0 aliphatic heterocycles. The first kappa shape index (κ1) is 5.69. The molecule has 0 amide bonds. The van der Waals surface area contributed by atoms with Gasteiger partial charge < -0.3 is 10.2 Å². The molecular formula is C7H12O2. The molecule has 0 heterocycles. The smallest absolute Gasteiger partial charge is 0.0595 e. The summed E-state index contributed by atoms with van der Waals surface area (Å²) in [5.41, 5.74) is 0. The van der Waals surface area contributed by atoms with Crippen LogP contribution in [0.4, 0.5) is 0 Å². The molecule has 2 heteroatoms. The van der Waals surface area contributed by atoms with Gasteiger partial charge in [0.05, 0.1) is 6.10 Å². The molecule has 2 aliphatic rings. The van der Waals surface area contributed by atoms with E-state index in [0.717, 1.165) is 12.3 Å². The van der Waals surface area contributed by atoms with Crippen molar-refractivity contribution in [2.75, 3.05) is 6.61 Å². The van der Waals surface area contributed by atoms with Crippen LogP contribution in [0.2, 0.25) is 0 Å². The molecule has 2 N–H and O–H groups in total. The van der Waals surface area contributed by atoms with Gasteiger partial charge in [-0.1, -0.05) is 0 Å². The molecular weight excluding hydrogens is 116 g/mol. The van der Waals surface area contributed by atoms with E-state index < -0.39 is 0 Å². The van der Waals surface area contributed by atoms with Gasteiger partial charge in [-0.2, -0.15) is 0 Å². The summed E-state index contributed by atoms with van der Waals surface area (Å²) in [7, 11) is 0. The Hall–Kier alpha value is -0.0800. The summed E-state index contributed by atoms with van der Waals surface area (Å²) in [6.07, 6.45) is 2.00. The van der Waals surface area contributed by atoms with E-state index in [9.17, 15) is 5.11 Å². The first-order valence-electron chi connectivity index (χ1n) is 3.62. The van der Waals surface area contributed by atoms with E-state index in [1.165, 1.54) is 6.42 Å². The third-order valence-corrected chi connectivity index (χ3v) is 2.78. The minimum absolute atomic E-state index is 0.183. The van der Waals surface area contributed by atoms with Gasteiger partial charge in [-0.15, -0.1) is 0 Å². The van der Waals surface area contributed by atoms with E-state index in [2.05, 4.69) is 0 Å². The van der Waals surface area contributed by atoms with Gasteiger partial charge in [0.1, 0.15) is 0 Å². The Labute approximate surface area is 54.5 Å². The van der Waals surface area contributed by atoms with Gasteiger partial charge in [-0.25, -0.2) is 0 Å². The lowest BCUT2D eigenvalue weighted by Crippen LogP contribution is -2.20. The van der Waals surface area contributed by atoms with Crippen LogP contribution in [0, 0.1) is 17.8 Å². The second-order valence-corrected chi connectivity index (χ2v) is 3.31. The van der Waals surface area contributed by atoms with Gasteiger partial charge >= 0.3 is 0 Å². The minimum atomic E-state index is -0.196. The van der Waals surface area contributed by atoms with Gasteiger partial charge in [0.15, 0.2) is 0 Å². The number of hydrogen-bond acceptors (Lipinski definition) is 2. The fourth-order valence-corrected chi connectivity index (χ4v) is 2.09. The van der Waals surface area contributed by atoms with Crippen molar-refractivity contribution in [3.63, 3.8) is 0 Å². The Morgan fingerprint density at radius 3 is 2.44 bits per heavy atom. The average molecular weight is 128 g/mol. The van der Waals surface area contributed by atoms with Crippen molar-refractivity contribution in [1.82, 2.24) is 0 Å². The van der Waals surface area contributed by atoms with Gasteiger partial charge in [0.2, 0.25) is 0 Å². The van der Waals surface area contributed by atoms with E-state index in [-0.39, 0.29) is 18.6 Å². The molecule has 0 unspecified atom stereocenters. The van der Waals surface area contributed by atoms with E-state index in [1.54, 1.807) is 0 Å². The SMILES string of the molecule is OC[C@H]1[C@@H]2C[C@@H]2C[C@@H]1O. The molecule has 2 rings (SSSR count). The van der Waals surface area contributed by atoms with Crippen LogP contribution < -0.4 is 0 Å². The summed E-state index contributed by atoms with van der Waals surface area (Å²) in [6.45, 7) is 0.183. The van der Waals surface area contributed by atoms with Crippen molar-refractivity contribution >= 4 is 0 Å². The Morgan fingerprint density at radius 2 is 2.11 bits per heavy atom. The zero-order valence-corrected chi connectivity index (χ0v) is 5.33. The first-order valence-corrected chi connectivity index (χ1v) is 3.62. The van der Waals surface area contributed by atoms with Crippen molar-refractivity contribution in [1.29, 1.82) is 0 Å². The van der Waals surface area contributed by atoms with Crippen molar-refractivity contribution in [3.05, 3.63) is 0 Å². The maximum Gasteiger partial charge on any atom is 0.0595 e. The quantitative estimate of drug-likeness (QED) is 0.521. The zero-order chi connectivity index (χ0) is 6.43. The van der Waals surface area contributed by atoms with Gasteiger partial charge in [-0.05, 0) is 24.7 Å². The van der Waals surface area contributed by atoms with E-state index >= 15 is 0 Å². The lowest BCUT2D eigenvalue weighted by atomic mass is 10.0. The molecule has 2 nitrogen and oxygen atoms in total. The summed E-state index contributed by atoms with van der Waals surface area (Å²) in [4.78, 5) is 0. The molecule has 9 heavy (non-hydrogen) atoms. The minimum Gasteiger partial charge on any atom is -0.396 e. The monoisotopic (exact) mass is 128 g/mol. The number of aliphatic hydroxyl groups excluding tert-OH is 2. The van der Waals surface area contributed by atoms with Gasteiger partial charge in [0, 0.05) is 12.5 Å². The lowest BCUT2D eigenvalue weighted by Gasteiger charge is -2.13. The van der Waals surface area contributed by atoms with Crippen LogP contribution >= 0.6 is 0 Å². The van der Waals surface area contributed by atoms with Crippen molar-refractivity contribution < 1.29 is 10.2 Å². The van der Waals surface area contributed by atoms with E-state index in [0.29, 0.717) is 5.92 Å². The normalized spacial score (nSPS) is 55.3. The average Bonchev–Trinajstić information content (AvgIpc) is 2.45. The third-order valence-electron chi connectivity index (χ3n) is 2.78. The Morgan fingerprint density at radius 1 is 1.33 bits per heavy atom. The summed E-state index contributed by atoms with van der Waals surface area (Å²) in [6, 6.07) is 0. The molecule has 0 aromatic heterocycles. The van der Waals surface area contributed by atoms with Crippen LogP contribution in [-0.2, 0) is 0 Å². The fourth-order valence-electron chi connectivity index (χ4n) is 2.09. The van der Waals surface area contributed by atoms with Crippen LogP contribution in [-0.4, -0.2) is 22.9 Å². The van der Waals surface area contributed by atoms with Gasteiger partial charge in [0.25, 0.3) is 0 Å². The van der Waals surface area contributed by atoms with E-state index in [4.69, 9.17) is 5.11 Å². The van der Waals surface area contributed by atoms with Crippen LogP contribution in [0.15, 0.2) is 0 Å². The molecule has 4 atom stereocenters. The summed E-state index contributed by atoms with van der Waals surface area (Å²) >= 11 is 0. The van der Waals surface area contributed by atoms with Crippen molar-refractivity contribution in [2.24, 2.45) is 17.8 Å². The van der Waals surface area contributed by atoms with Crippen molar-refractivity contribution in [2.45, 2.75) is 18.9 Å². The Balaban J connectivity index is 2.02. The molecule has 0 aromatic rings. The molecule has 0 bridgehead atoms. The highest BCUT2D eigenvalue weighted by atomic mass is 16.3. The summed E-state index contributed by atoms with van der Waals surface area (Å²) < 4.78 is 0. The largest absolute Gasteiger partial charge is 0.396 e. The fraction of sp³-hybridized carbons (Fsp3) is 1.00. The molecule has 52 valence electrons. The predicted molar refractivity (Wildman–Crippen MR) is 32.8 cm³/mol. The molecule has 0 spiro atoms. The molecule has 0 radical (unpaired) electrons. The topological polar surface area (TPSA) is 40.5 Å². The van der Waals surface area contributed by atoms with E-state index in [1.807, 2.05) is 0 Å². The second kappa shape index (κ2) is 1.70. The molecule has 0 aromatic carbocycles. The van der Waals surface area contributed by atoms with Gasteiger partial charge in [-0.3, -0.25) is 0 Å². The zero-order valence-electron chi connectivity index (χ0n) is 5.33. The van der Waals surface area contributed by atoms with Crippen LogP contribution in [0.25, 0.3) is 0 Å². The first-order chi connectivity index (χ1) is 4.33. The summed E-state index contributed by atoms with van der Waals surface area (Å²) in [5, 5.41) is 18.0. The lowest BCUT2D eigenvalue weighted by molar-refractivity contribution is 0.0731. The maximum atomic E-state index is 9.23.